The summed E-state index contributed by atoms with van der Waals surface area (Å²) in [5, 5.41) is 7.35. The Bertz CT molecular complexity index is 1040. The number of carbonyl (C=O) groups excluding carboxylic acids is 2. The van der Waals surface area contributed by atoms with Crippen LogP contribution in [0.1, 0.15) is 35.5 Å². The van der Waals surface area contributed by atoms with Gasteiger partial charge < -0.3 is 10.1 Å². The number of aryl methyl sites for hydroxylation is 1. The lowest BCUT2D eigenvalue weighted by atomic mass is 10.1. The van der Waals surface area contributed by atoms with E-state index in [0.717, 1.165) is 28.2 Å². The first-order chi connectivity index (χ1) is 14.5. The van der Waals surface area contributed by atoms with E-state index in [2.05, 4.69) is 10.4 Å². The Labute approximate surface area is 176 Å². The zero-order chi connectivity index (χ0) is 21.5. The van der Waals surface area contributed by atoms with Crippen LogP contribution in [-0.4, -0.2) is 28.3 Å². The van der Waals surface area contributed by atoms with Gasteiger partial charge >= 0.3 is 5.97 Å². The molecule has 1 heterocycles. The Kier molecular flexibility index (Phi) is 6.80. The van der Waals surface area contributed by atoms with Gasteiger partial charge in [0, 0.05) is 17.3 Å². The van der Waals surface area contributed by atoms with Crippen LogP contribution in [0, 0.1) is 13.8 Å². The molecule has 0 aliphatic heterocycles. The summed E-state index contributed by atoms with van der Waals surface area (Å²) in [5.74, 6) is -0.930. The molecule has 30 heavy (non-hydrogen) atoms. The molecule has 0 aliphatic carbocycles. The number of rotatable bonds is 7. The number of nitrogens with one attached hydrogen (secondary N) is 1. The molecular weight excluding hydrogens is 378 g/mol. The molecule has 154 valence electrons. The molecule has 0 saturated carbocycles. The summed E-state index contributed by atoms with van der Waals surface area (Å²) in [5.41, 5.74) is 4.49. The van der Waals surface area contributed by atoms with Crippen molar-refractivity contribution in [1.82, 2.24) is 15.1 Å². The van der Waals surface area contributed by atoms with Crippen LogP contribution in [0.5, 0.6) is 0 Å². The zero-order valence-corrected chi connectivity index (χ0v) is 17.3. The molecule has 0 radical (unpaired) electrons. The molecule has 0 aliphatic rings. The van der Waals surface area contributed by atoms with Gasteiger partial charge in [0.05, 0.1) is 17.4 Å². The SMILES string of the molecule is Cc1nn(-c2ccccc2)c(C)c1/C=C/C(=O)OCC(=O)N[C@@H](C)c1ccccc1. The monoisotopic (exact) mass is 403 g/mol. The maximum atomic E-state index is 12.1. The van der Waals surface area contributed by atoms with Crippen molar-refractivity contribution in [3.05, 3.63) is 89.3 Å². The van der Waals surface area contributed by atoms with Crippen molar-refractivity contribution in [2.75, 3.05) is 6.61 Å². The highest BCUT2D eigenvalue weighted by Crippen LogP contribution is 2.19. The summed E-state index contributed by atoms with van der Waals surface area (Å²) >= 11 is 0. The van der Waals surface area contributed by atoms with Crippen molar-refractivity contribution in [1.29, 1.82) is 0 Å². The van der Waals surface area contributed by atoms with E-state index in [1.54, 1.807) is 6.08 Å². The summed E-state index contributed by atoms with van der Waals surface area (Å²) in [6.07, 6.45) is 2.99. The van der Waals surface area contributed by atoms with Gasteiger partial charge in [0.2, 0.25) is 0 Å². The summed E-state index contributed by atoms with van der Waals surface area (Å²) in [6.45, 7) is 5.37. The van der Waals surface area contributed by atoms with E-state index in [-0.39, 0.29) is 18.6 Å². The van der Waals surface area contributed by atoms with Crippen molar-refractivity contribution in [3.63, 3.8) is 0 Å². The molecule has 0 saturated heterocycles. The average Bonchev–Trinajstić information content (AvgIpc) is 3.05. The minimum Gasteiger partial charge on any atom is -0.452 e. The van der Waals surface area contributed by atoms with Crippen LogP contribution in [-0.2, 0) is 14.3 Å². The number of esters is 1. The number of aromatic nitrogens is 2. The van der Waals surface area contributed by atoms with Gasteiger partial charge in [0.1, 0.15) is 0 Å². The fourth-order valence-electron chi connectivity index (χ4n) is 3.16. The Morgan fingerprint density at radius 1 is 1.07 bits per heavy atom. The lowest BCUT2D eigenvalue weighted by Crippen LogP contribution is -2.30. The Balaban J connectivity index is 1.56. The Morgan fingerprint density at radius 2 is 1.70 bits per heavy atom. The molecule has 6 heteroatoms. The largest absolute Gasteiger partial charge is 0.452 e. The first kappa shape index (κ1) is 21.0. The molecule has 0 bridgehead atoms. The maximum absolute atomic E-state index is 12.1. The normalized spacial score (nSPS) is 12.0. The lowest BCUT2D eigenvalue weighted by molar-refractivity contribution is -0.144. The van der Waals surface area contributed by atoms with Gasteiger partial charge in [0.25, 0.3) is 5.91 Å². The lowest BCUT2D eigenvalue weighted by Gasteiger charge is -2.13. The van der Waals surface area contributed by atoms with Gasteiger partial charge in [-0.25, -0.2) is 9.48 Å². The highest BCUT2D eigenvalue weighted by Gasteiger charge is 2.13. The number of benzene rings is 2. The third-order valence-corrected chi connectivity index (χ3v) is 4.76. The zero-order valence-electron chi connectivity index (χ0n) is 17.3. The highest BCUT2D eigenvalue weighted by molar-refractivity contribution is 5.89. The summed E-state index contributed by atoms with van der Waals surface area (Å²) < 4.78 is 6.90. The van der Waals surface area contributed by atoms with Gasteiger partial charge in [-0.3, -0.25) is 4.79 Å². The molecule has 3 aromatic rings. The van der Waals surface area contributed by atoms with Crippen LogP contribution >= 0.6 is 0 Å². The molecule has 1 N–H and O–H groups in total. The van der Waals surface area contributed by atoms with Crippen LogP contribution < -0.4 is 5.32 Å². The van der Waals surface area contributed by atoms with Gasteiger partial charge in [-0.05, 0) is 44.5 Å². The summed E-state index contributed by atoms with van der Waals surface area (Å²) in [6, 6.07) is 19.2. The van der Waals surface area contributed by atoms with E-state index >= 15 is 0 Å². The summed E-state index contributed by atoms with van der Waals surface area (Å²) in [7, 11) is 0. The number of amides is 1. The van der Waals surface area contributed by atoms with E-state index in [1.165, 1.54) is 6.08 Å². The minimum atomic E-state index is -0.580. The van der Waals surface area contributed by atoms with Crippen molar-refractivity contribution < 1.29 is 14.3 Å². The van der Waals surface area contributed by atoms with Crippen LogP contribution in [0.15, 0.2) is 66.7 Å². The number of carbonyl (C=O) groups is 2. The fourth-order valence-corrected chi connectivity index (χ4v) is 3.16. The predicted octanol–water partition coefficient (Wildman–Crippen LogP) is 3.92. The number of ether oxygens (including phenoxy) is 1. The fraction of sp³-hybridized carbons (Fsp3) is 0.208. The predicted molar refractivity (Wildman–Crippen MR) is 116 cm³/mol. The van der Waals surface area contributed by atoms with Crippen molar-refractivity contribution >= 4 is 18.0 Å². The molecular formula is C24H25N3O3. The highest BCUT2D eigenvalue weighted by atomic mass is 16.5. The first-order valence-electron chi connectivity index (χ1n) is 9.76. The smallest absolute Gasteiger partial charge is 0.331 e. The van der Waals surface area contributed by atoms with E-state index in [9.17, 15) is 9.59 Å². The number of hydrogen-bond donors (Lipinski definition) is 1. The van der Waals surface area contributed by atoms with E-state index in [0.29, 0.717) is 0 Å². The second-order valence-corrected chi connectivity index (χ2v) is 6.97. The van der Waals surface area contributed by atoms with Crippen LogP contribution in [0.2, 0.25) is 0 Å². The van der Waals surface area contributed by atoms with E-state index < -0.39 is 5.97 Å². The molecule has 0 fully saturated rings. The maximum Gasteiger partial charge on any atom is 0.331 e. The molecule has 1 atom stereocenters. The first-order valence-corrected chi connectivity index (χ1v) is 9.76. The number of nitrogens with zero attached hydrogens (tertiary/aromatic N) is 2. The van der Waals surface area contributed by atoms with Crippen molar-refractivity contribution in [3.8, 4) is 5.69 Å². The quantitative estimate of drug-likeness (QED) is 0.479. The van der Waals surface area contributed by atoms with Crippen molar-refractivity contribution in [2.45, 2.75) is 26.8 Å². The van der Waals surface area contributed by atoms with Crippen LogP contribution in [0.3, 0.4) is 0 Å². The third-order valence-electron chi connectivity index (χ3n) is 4.76. The molecule has 2 aromatic carbocycles. The van der Waals surface area contributed by atoms with Crippen LogP contribution in [0.4, 0.5) is 0 Å². The molecule has 0 unspecified atom stereocenters. The molecule has 0 spiro atoms. The van der Waals surface area contributed by atoms with E-state index in [1.807, 2.05) is 86.1 Å². The van der Waals surface area contributed by atoms with E-state index in [4.69, 9.17) is 4.74 Å². The molecule has 1 aromatic heterocycles. The number of para-hydroxylation sites is 1. The van der Waals surface area contributed by atoms with Gasteiger partial charge in [0.15, 0.2) is 6.61 Å². The molecule has 6 nitrogen and oxygen atoms in total. The Hall–Kier alpha value is -3.67. The van der Waals surface area contributed by atoms with Gasteiger partial charge in [-0.15, -0.1) is 0 Å². The minimum absolute atomic E-state index is 0.165. The van der Waals surface area contributed by atoms with Crippen LogP contribution in [0.25, 0.3) is 11.8 Å². The van der Waals surface area contributed by atoms with Crippen molar-refractivity contribution in [2.24, 2.45) is 0 Å². The third kappa shape index (κ3) is 5.23. The second-order valence-electron chi connectivity index (χ2n) is 6.97. The average molecular weight is 403 g/mol. The summed E-state index contributed by atoms with van der Waals surface area (Å²) in [4.78, 5) is 24.1. The topological polar surface area (TPSA) is 73.2 Å². The second kappa shape index (κ2) is 9.69. The van der Waals surface area contributed by atoms with Gasteiger partial charge in [-0.2, -0.15) is 5.10 Å². The van der Waals surface area contributed by atoms with Gasteiger partial charge in [-0.1, -0.05) is 48.5 Å². The molecule has 3 rings (SSSR count). The standard InChI is InChI=1S/C24H25N3O3/c1-17(20-10-6-4-7-11-20)25-23(28)16-30-24(29)15-14-22-18(2)26-27(19(22)3)21-12-8-5-9-13-21/h4-15,17H,16H2,1-3H3,(H,25,28)/b15-14+/t17-/m0/s1. The molecule has 1 amide bonds. The number of hydrogen-bond acceptors (Lipinski definition) is 4. The Morgan fingerprint density at radius 3 is 2.37 bits per heavy atom.